The predicted molar refractivity (Wildman–Crippen MR) is 130 cm³/mol. The Morgan fingerprint density at radius 1 is 1.12 bits per heavy atom. The molecule has 3 heterocycles. The second-order valence-corrected chi connectivity index (χ2v) is 8.60. The molecule has 4 rings (SSSR count). The number of aromatic nitrogens is 2. The van der Waals surface area contributed by atoms with Crippen molar-refractivity contribution < 1.29 is 9.90 Å². The second-order valence-electron chi connectivity index (χ2n) is 8.60. The number of pyridine rings is 2. The maximum Gasteiger partial charge on any atom is 0.254 e. The third-order valence-corrected chi connectivity index (χ3v) is 5.49. The number of rotatable bonds is 7. The molecule has 0 saturated carbocycles. The molecule has 33 heavy (non-hydrogen) atoms. The molecule has 2 aromatic heterocycles. The standard InChI is InChI=1S/C25H30N6O2/c1-4-27-24(32)19-15-28-23(29-18-9-8-17-14-26-11-10-16(17)12-18)13-20(19)30-22-7-5-6-21(31-22)25(2,3)33/h5-9,12-13,15,26,33H,4,10-11,14H2,1-3H3,(H,27,32)(H2,28,29,30,31). The van der Waals surface area contributed by atoms with Gasteiger partial charge in [-0.2, -0.15) is 0 Å². The molecular formula is C25H30N6O2. The van der Waals surface area contributed by atoms with Crippen molar-refractivity contribution in [2.75, 3.05) is 23.7 Å². The van der Waals surface area contributed by atoms with E-state index in [-0.39, 0.29) is 5.91 Å². The van der Waals surface area contributed by atoms with E-state index in [1.165, 1.54) is 11.1 Å². The Morgan fingerprint density at radius 3 is 2.76 bits per heavy atom. The molecule has 1 aliphatic heterocycles. The molecule has 8 nitrogen and oxygen atoms in total. The lowest BCUT2D eigenvalue weighted by molar-refractivity contribution is 0.0740. The van der Waals surface area contributed by atoms with Gasteiger partial charge in [0, 0.05) is 31.0 Å². The van der Waals surface area contributed by atoms with Gasteiger partial charge in [0.2, 0.25) is 0 Å². The maximum absolute atomic E-state index is 12.6. The Balaban J connectivity index is 1.64. The summed E-state index contributed by atoms with van der Waals surface area (Å²) in [6.45, 7) is 7.61. The fraction of sp³-hybridized carbons (Fsp3) is 0.320. The Labute approximate surface area is 193 Å². The highest BCUT2D eigenvalue weighted by atomic mass is 16.3. The lowest BCUT2D eigenvalue weighted by Gasteiger charge is -2.19. The van der Waals surface area contributed by atoms with Crippen LogP contribution in [0.2, 0.25) is 0 Å². The third-order valence-electron chi connectivity index (χ3n) is 5.49. The second kappa shape index (κ2) is 9.56. The molecule has 0 atom stereocenters. The molecule has 0 bridgehead atoms. The fourth-order valence-electron chi connectivity index (χ4n) is 3.75. The fourth-order valence-corrected chi connectivity index (χ4v) is 3.75. The molecule has 5 N–H and O–H groups in total. The highest BCUT2D eigenvalue weighted by molar-refractivity contribution is 6.00. The zero-order valence-electron chi connectivity index (χ0n) is 19.2. The average Bonchev–Trinajstić information content (AvgIpc) is 2.79. The van der Waals surface area contributed by atoms with Gasteiger partial charge in [-0.05, 0) is 69.1 Å². The summed E-state index contributed by atoms with van der Waals surface area (Å²) in [5.41, 5.74) is 4.02. The van der Waals surface area contributed by atoms with Gasteiger partial charge in [-0.15, -0.1) is 0 Å². The minimum Gasteiger partial charge on any atom is -0.384 e. The number of benzene rings is 1. The van der Waals surface area contributed by atoms with E-state index in [0.717, 1.165) is 25.2 Å². The van der Waals surface area contributed by atoms with E-state index in [0.29, 0.717) is 35.1 Å². The summed E-state index contributed by atoms with van der Waals surface area (Å²) >= 11 is 0. The zero-order chi connectivity index (χ0) is 23.4. The third kappa shape index (κ3) is 5.47. The minimum atomic E-state index is -1.08. The summed E-state index contributed by atoms with van der Waals surface area (Å²) in [6.07, 6.45) is 2.54. The SMILES string of the molecule is CCNC(=O)c1cnc(Nc2ccc3c(c2)CCNC3)cc1Nc1cccc(C(C)(C)O)n1. The van der Waals surface area contributed by atoms with Crippen molar-refractivity contribution in [1.29, 1.82) is 0 Å². The molecule has 0 radical (unpaired) electrons. The summed E-state index contributed by atoms with van der Waals surface area (Å²) in [6, 6.07) is 13.5. The van der Waals surface area contributed by atoms with E-state index in [1.54, 1.807) is 38.2 Å². The summed E-state index contributed by atoms with van der Waals surface area (Å²) < 4.78 is 0. The predicted octanol–water partition coefficient (Wildman–Crippen LogP) is 3.59. The van der Waals surface area contributed by atoms with Crippen molar-refractivity contribution in [3.05, 3.63) is 71.0 Å². The summed E-state index contributed by atoms with van der Waals surface area (Å²) in [4.78, 5) is 21.6. The van der Waals surface area contributed by atoms with Crippen LogP contribution in [0.15, 0.2) is 48.7 Å². The van der Waals surface area contributed by atoms with Crippen LogP contribution < -0.4 is 21.3 Å². The van der Waals surface area contributed by atoms with Gasteiger partial charge in [0.15, 0.2) is 0 Å². The first-order valence-corrected chi connectivity index (χ1v) is 11.2. The highest BCUT2D eigenvalue weighted by Gasteiger charge is 2.19. The first-order chi connectivity index (χ1) is 15.8. The van der Waals surface area contributed by atoms with Crippen molar-refractivity contribution in [1.82, 2.24) is 20.6 Å². The quantitative estimate of drug-likeness (QED) is 0.377. The number of hydrogen-bond donors (Lipinski definition) is 5. The summed E-state index contributed by atoms with van der Waals surface area (Å²) in [7, 11) is 0. The number of carbonyl (C=O) groups excluding carboxylic acids is 1. The van der Waals surface area contributed by atoms with Gasteiger partial charge in [0.1, 0.15) is 17.2 Å². The zero-order valence-corrected chi connectivity index (χ0v) is 19.2. The van der Waals surface area contributed by atoms with Gasteiger partial charge in [-0.1, -0.05) is 12.1 Å². The van der Waals surface area contributed by atoms with Crippen LogP contribution in [0.5, 0.6) is 0 Å². The number of anilines is 4. The molecule has 0 unspecified atom stereocenters. The lowest BCUT2D eigenvalue weighted by Crippen LogP contribution is -2.24. The molecule has 3 aromatic rings. The van der Waals surface area contributed by atoms with Crippen molar-refractivity contribution in [2.24, 2.45) is 0 Å². The van der Waals surface area contributed by atoms with Crippen LogP contribution >= 0.6 is 0 Å². The van der Waals surface area contributed by atoms with Crippen LogP contribution in [0.3, 0.4) is 0 Å². The summed E-state index contributed by atoms with van der Waals surface area (Å²) in [5.74, 6) is 0.913. The Morgan fingerprint density at radius 2 is 1.97 bits per heavy atom. The molecule has 0 spiro atoms. The van der Waals surface area contributed by atoms with Gasteiger partial charge in [-0.3, -0.25) is 4.79 Å². The van der Waals surface area contributed by atoms with E-state index >= 15 is 0 Å². The van der Waals surface area contributed by atoms with Crippen LogP contribution in [0, 0.1) is 0 Å². The average molecular weight is 447 g/mol. The Kier molecular flexibility index (Phi) is 6.57. The van der Waals surface area contributed by atoms with E-state index < -0.39 is 5.60 Å². The highest BCUT2D eigenvalue weighted by Crippen LogP contribution is 2.27. The van der Waals surface area contributed by atoms with Crippen molar-refractivity contribution >= 4 is 28.9 Å². The van der Waals surface area contributed by atoms with E-state index in [2.05, 4.69) is 43.4 Å². The number of aliphatic hydroxyl groups is 1. The lowest BCUT2D eigenvalue weighted by atomic mass is 10.0. The smallest absolute Gasteiger partial charge is 0.254 e. The molecule has 1 aromatic carbocycles. The van der Waals surface area contributed by atoms with Gasteiger partial charge in [0.25, 0.3) is 5.91 Å². The van der Waals surface area contributed by atoms with Crippen LogP contribution in [-0.4, -0.2) is 34.1 Å². The number of fused-ring (bicyclic) bond motifs is 1. The molecule has 0 saturated heterocycles. The number of carbonyl (C=O) groups is 1. The maximum atomic E-state index is 12.6. The molecular weight excluding hydrogens is 416 g/mol. The number of nitrogens with one attached hydrogen (secondary N) is 4. The Bertz CT molecular complexity index is 1160. The van der Waals surface area contributed by atoms with Crippen molar-refractivity contribution in [2.45, 2.75) is 39.3 Å². The molecule has 0 fully saturated rings. The number of nitrogens with zero attached hydrogens (tertiary/aromatic N) is 2. The Hall–Kier alpha value is -3.49. The van der Waals surface area contributed by atoms with E-state index in [4.69, 9.17) is 0 Å². The van der Waals surface area contributed by atoms with Crippen LogP contribution in [0.4, 0.5) is 23.0 Å². The van der Waals surface area contributed by atoms with Crippen LogP contribution in [-0.2, 0) is 18.6 Å². The topological polar surface area (TPSA) is 111 Å². The van der Waals surface area contributed by atoms with Gasteiger partial charge in [0.05, 0.1) is 16.9 Å². The molecule has 1 aliphatic rings. The van der Waals surface area contributed by atoms with Crippen molar-refractivity contribution in [3.63, 3.8) is 0 Å². The van der Waals surface area contributed by atoms with E-state index in [9.17, 15) is 9.90 Å². The largest absolute Gasteiger partial charge is 0.384 e. The minimum absolute atomic E-state index is 0.223. The van der Waals surface area contributed by atoms with Crippen molar-refractivity contribution in [3.8, 4) is 0 Å². The number of hydrogen-bond acceptors (Lipinski definition) is 7. The van der Waals surface area contributed by atoms with E-state index in [1.807, 2.05) is 19.1 Å². The normalized spacial score (nSPS) is 13.2. The molecule has 8 heteroatoms. The van der Waals surface area contributed by atoms with Gasteiger partial charge < -0.3 is 26.4 Å². The summed E-state index contributed by atoms with van der Waals surface area (Å²) in [5, 5.41) is 23.1. The van der Waals surface area contributed by atoms with Crippen LogP contribution in [0.1, 0.15) is 48.0 Å². The first-order valence-electron chi connectivity index (χ1n) is 11.2. The van der Waals surface area contributed by atoms with Gasteiger partial charge >= 0.3 is 0 Å². The molecule has 1 amide bonds. The first kappa shape index (κ1) is 22.7. The molecule has 0 aliphatic carbocycles. The van der Waals surface area contributed by atoms with Crippen LogP contribution in [0.25, 0.3) is 0 Å². The number of amides is 1. The monoisotopic (exact) mass is 446 g/mol. The molecule has 172 valence electrons. The van der Waals surface area contributed by atoms with Gasteiger partial charge in [-0.25, -0.2) is 9.97 Å².